The molecule has 5 nitrogen and oxygen atoms in total. The molecule has 2 amide bonds. The van der Waals surface area contributed by atoms with Gasteiger partial charge in [-0.05, 0) is 48.9 Å². The van der Waals surface area contributed by atoms with Crippen LogP contribution in [0.4, 0.5) is 15.8 Å². The number of carbonyl (C=O) groups is 2. The molecule has 0 bridgehead atoms. The van der Waals surface area contributed by atoms with Gasteiger partial charge < -0.3 is 10.2 Å². The minimum atomic E-state index is -0.403. The first-order valence-electron chi connectivity index (χ1n) is 9.19. The Kier molecular flexibility index (Phi) is 5.31. The average molecular weight is 407 g/mol. The molecule has 146 valence electrons. The number of hydrogen-bond acceptors (Lipinski definition) is 4. The normalized spacial score (nSPS) is 12.8. The van der Waals surface area contributed by atoms with Crippen molar-refractivity contribution in [1.82, 2.24) is 4.98 Å². The quantitative estimate of drug-likeness (QED) is 0.690. The summed E-state index contributed by atoms with van der Waals surface area (Å²) in [6, 6.07) is 15.1. The molecular formula is C22H18FN3O2S. The van der Waals surface area contributed by atoms with E-state index in [0.29, 0.717) is 28.4 Å². The van der Waals surface area contributed by atoms with Crippen LogP contribution in [0, 0.1) is 5.82 Å². The second kappa shape index (κ2) is 8.05. The van der Waals surface area contributed by atoms with Crippen molar-refractivity contribution in [3.8, 4) is 0 Å². The predicted molar refractivity (Wildman–Crippen MR) is 111 cm³/mol. The van der Waals surface area contributed by atoms with Crippen molar-refractivity contribution >= 4 is 35.0 Å². The zero-order valence-corrected chi connectivity index (χ0v) is 16.5. The molecule has 0 aliphatic carbocycles. The van der Waals surface area contributed by atoms with Gasteiger partial charge in [-0.25, -0.2) is 9.37 Å². The molecule has 0 saturated carbocycles. The third kappa shape index (κ3) is 3.86. The van der Waals surface area contributed by atoms with Crippen LogP contribution in [0.5, 0.6) is 0 Å². The van der Waals surface area contributed by atoms with E-state index in [4.69, 9.17) is 0 Å². The maximum Gasteiger partial charge on any atom is 0.261 e. The lowest BCUT2D eigenvalue weighted by Gasteiger charge is -2.21. The number of fused-ring (bicyclic) bond motifs is 2. The van der Waals surface area contributed by atoms with Gasteiger partial charge in [0.1, 0.15) is 10.8 Å². The van der Waals surface area contributed by atoms with Crippen LogP contribution in [0.25, 0.3) is 0 Å². The Hall–Kier alpha value is -3.19. The fourth-order valence-corrected chi connectivity index (χ4v) is 4.28. The maximum absolute atomic E-state index is 13.8. The van der Waals surface area contributed by atoms with Crippen molar-refractivity contribution in [1.29, 1.82) is 0 Å². The summed E-state index contributed by atoms with van der Waals surface area (Å²) in [5.74, 6) is -0.811. The van der Waals surface area contributed by atoms with Crippen molar-refractivity contribution in [2.45, 2.75) is 23.3 Å². The van der Waals surface area contributed by atoms with E-state index in [1.807, 2.05) is 19.1 Å². The lowest BCUT2D eigenvalue weighted by molar-refractivity contribution is -0.115. The molecule has 2 heterocycles. The summed E-state index contributed by atoms with van der Waals surface area (Å²) in [6.45, 7) is 2.43. The lowest BCUT2D eigenvalue weighted by atomic mass is 10.1. The van der Waals surface area contributed by atoms with Gasteiger partial charge in [0.15, 0.2) is 0 Å². The summed E-state index contributed by atoms with van der Waals surface area (Å²) in [6.07, 6.45) is 1.60. The second-order valence-electron chi connectivity index (χ2n) is 6.51. The summed E-state index contributed by atoms with van der Waals surface area (Å²) in [7, 11) is 0. The van der Waals surface area contributed by atoms with E-state index >= 15 is 0 Å². The highest BCUT2D eigenvalue weighted by molar-refractivity contribution is 7.99. The van der Waals surface area contributed by atoms with Crippen molar-refractivity contribution in [3.05, 3.63) is 77.7 Å². The lowest BCUT2D eigenvalue weighted by Crippen LogP contribution is -2.30. The number of halogens is 1. The second-order valence-corrected chi connectivity index (χ2v) is 7.54. The van der Waals surface area contributed by atoms with E-state index in [0.717, 1.165) is 10.6 Å². The molecule has 7 heteroatoms. The van der Waals surface area contributed by atoms with Crippen molar-refractivity contribution < 1.29 is 14.0 Å². The average Bonchev–Trinajstić information content (AvgIpc) is 2.83. The van der Waals surface area contributed by atoms with Gasteiger partial charge in [-0.3, -0.25) is 9.59 Å². The van der Waals surface area contributed by atoms with Crippen molar-refractivity contribution in [2.75, 3.05) is 16.8 Å². The number of nitrogens with one attached hydrogen (secondary N) is 1. The van der Waals surface area contributed by atoms with Gasteiger partial charge in [0.25, 0.3) is 5.91 Å². The van der Waals surface area contributed by atoms with Gasteiger partial charge in [0.05, 0.1) is 17.7 Å². The SMILES string of the molecule is CCN1C(=O)c2cccnc2Sc2cc(NC(=O)Cc3ccccc3F)ccc21. The largest absolute Gasteiger partial charge is 0.326 e. The van der Waals surface area contributed by atoms with Crippen molar-refractivity contribution in [2.24, 2.45) is 0 Å². The van der Waals surface area contributed by atoms with E-state index in [2.05, 4.69) is 10.3 Å². The van der Waals surface area contributed by atoms with Crippen LogP contribution >= 0.6 is 11.8 Å². The molecule has 1 N–H and O–H groups in total. The number of benzene rings is 2. The molecule has 4 rings (SSSR count). The van der Waals surface area contributed by atoms with Crippen LogP contribution in [-0.2, 0) is 11.2 Å². The van der Waals surface area contributed by atoms with Gasteiger partial charge in [0, 0.05) is 23.3 Å². The minimum absolute atomic E-state index is 0.0547. The molecule has 1 aliphatic heterocycles. The Labute approximate surface area is 172 Å². The highest BCUT2D eigenvalue weighted by Gasteiger charge is 2.27. The molecular weight excluding hydrogens is 389 g/mol. The number of carbonyl (C=O) groups excluding carboxylic acids is 2. The van der Waals surface area contributed by atoms with Crippen LogP contribution in [0.3, 0.4) is 0 Å². The molecule has 0 radical (unpaired) electrons. The summed E-state index contributed by atoms with van der Waals surface area (Å²) in [5, 5.41) is 3.44. The summed E-state index contributed by atoms with van der Waals surface area (Å²) < 4.78 is 13.8. The fraction of sp³-hybridized carbons (Fsp3) is 0.136. The first-order chi connectivity index (χ1) is 14.1. The van der Waals surface area contributed by atoms with E-state index in [-0.39, 0.29) is 18.2 Å². The Morgan fingerprint density at radius 3 is 2.79 bits per heavy atom. The van der Waals surface area contributed by atoms with E-state index < -0.39 is 5.82 Å². The molecule has 0 spiro atoms. The number of nitrogens with zero attached hydrogens (tertiary/aromatic N) is 2. The third-order valence-electron chi connectivity index (χ3n) is 4.61. The van der Waals surface area contributed by atoms with Gasteiger partial charge in [0.2, 0.25) is 5.91 Å². The molecule has 0 atom stereocenters. The number of rotatable bonds is 4. The first kappa shape index (κ1) is 19.1. The summed E-state index contributed by atoms with van der Waals surface area (Å²) in [4.78, 5) is 32.1. The molecule has 0 unspecified atom stereocenters. The van der Waals surface area contributed by atoms with E-state index in [1.165, 1.54) is 17.8 Å². The first-order valence-corrected chi connectivity index (χ1v) is 10.0. The Morgan fingerprint density at radius 2 is 2.00 bits per heavy atom. The van der Waals surface area contributed by atoms with Crippen LogP contribution in [0.15, 0.2) is 70.7 Å². The highest BCUT2D eigenvalue weighted by Crippen LogP contribution is 2.41. The predicted octanol–water partition coefficient (Wildman–Crippen LogP) is 4.53. The topological polar surface area (TPSA) is 62.3 Å². The third-order valence-corrected chi connectivity index (χ3v) is 5.68. The van der Waals surface area contributed by atoms with Crippen LogP contribution < -0.4 is 10.2 Å². The molecule has 3 aromatic rings. The number of pyridine rings is 1. The number of hydrogen-bond donors (Lipinski definition) is 1. The molecule has 2 aromatic carbocycles. The van der Waals surface area contributed by atoms with Gasteiger partial charge in [-0.1, -0.05) is 30.0 Å². The van der Waals surface area contributed by atoms with Gasteiger partial charge >= 0.3 is 0 Å². The Balaban J connectivity index is 1.62. The van der Waals surface area contributed by atoms with E-state index in [1.54, 1.807) is 47.5 Å². The van der Waals surface area contributed by atoms with Gasteiger partial charge in [-0.15, -0.1) is 0 Å². The van der Waals surface area contributed by atoms with Crippen LogP contribution in [-0.4, -0.2) is 23.3 Å². The molecule has 0 fully saturated rings. The monoisotopic (exact) mass is 407 g/mol. The zero-order chi connectivity index (χ0) is 20.4. The zero-order valence-electron chi connectivity index (χ0n) is 15.7. The smallest absolute Gasteiger partial charge is 0.261 e. The van der Waals surface area contributed by atoms with Gasteiger partial charge in [-0.2, -0.15) is 0 Å². The Morgan fingerprint density at radius 1 is 1.17 bits per heavy atom. The number of anilines is 2. The molecule has 0 saturated heterocycles. The van der Waals surface area contributed by atoms with Crippen molar-refractivity contribution in [3.63, 3.8) is 0 Å². The summed E-state index contributed by atoms with van der Waals surface area (Å²) in [5.41, 5.74) is 2.25. The number of amides is 2. The number of aromatic nitrogens is 1. The van der Waals surface area contributed by atoms with Crippen LogP contribution in [0.2, 0.25) is 0 Å². The summed E-state index contributed by atoms with van der Waals surface area (Å²) >= 11 is 1.39. The maximum atomic E-state index is 13.8. The Bertz CT molecular complexity index is 1100. The van der Waals surface area contributed by atoms with E-state index in [9.17, 15) is 14.0 Å². The highest BCUT2D eigenvalue weighted by atomic mass is 32.2. The minimum Gasteiger partial charge on any atom is -0.326 e. The van der Waals surface area contributed by atoms with Crippen LogP contribution in [0.1, 0.15) is 22.8 Å². The molecule has 1 aromatic heterocycles. The molecule has 1 aliphatic rings. The standard InChI is InChI=1S/C22H18FN3O2S/c1-2-26-18-10-9-15(25-20(27)12-14-6-3-4-8-17(14)23)13-19(18)29-21-16(22(26)28)7-5-11-24-21/h3-11,13H,2,12H2,1H3,(H,25,27). The molecule has 29 heavy (non-hydrogen) atoms. The fourth-order valence-electron chi connectivity index (χ4n) is 3.22.